The van der Waals surface area contributed by atoms with E-state index >= 15 is 0 Å². The second kappa shape index (κ2) is 7.65. The van der Waals surface area contributed by atoms with Crippen molar-refractivity contribution in [3.63, 3.8) is 0 Å². The minimum Gasteiger partial charge on any atom is -0.369 e. The fourth-order valence-corrected chi connectivity index (χ4v) is 2.80. The van der Waals surface area contributed by atoms with Crippen molar-refractivity contribution in [3.05, 3.63) is 77.6 Å². The molecule has 0 atom stereocenters. The van der Waals surface area contributed by atoms with Gasteiger partial charge in [0.1, 0.15) is 0 Å². The molecule has 132 valence electrons. The smallest absolute Gasteiger partial charge is 0.259 e. The Bertz CT molecular complexity index is 915. The van der Waals surface area contributed by atoms with Crippen molar-refractivity contribution in [2.75, 3.05) is 5.32 Å². The van der Waals surface area contributed by atoms with Crippen LogP contribution in [0.3, 0.4) is 0 Å². The first-order valence-corrected chi connectivity index (χ1v) is 8.39. The minimum absolute atomic E-state index is 0.179. The molecule has 26 heavy (non-hydrogen) atoms. The molecule has 1 heterocycles. The average Bonchev–Trinajstić information content (AvgIpc) is 3.08. The number of primary amides is 1. The molecule has 0 aliphatic heterocycles. The molecule has 2 amide bonds. The highest BCUT2D eigenvalue weighted by atomic mass is 16.2. The van der Waals surface area contributed by atoms with Gasteiger partial charge in [0.2, 0.25) is 5.91 Å². The molecule has 0 radical (unpaired) electrons. The van der Waals surface area contributed by atoms with Crippen LogP contribution in [-0.4, -0.2) is 21.6 Å². The SMILES string of the molecule is CCc1c(C(=O)Nc2ccc(CC(N)=O)cc2)cnn1-c1ccccc1. The number of rotatable bonds is 6. The molecule has 0 fully saturated rings. The van der Waals surface area contributed by atoms with Gasteiger partial charge in [-0.05, 0) is 36.2 Å². The van der Waals surface area contributed by atoms with E-state index in [1.54, 1.807) is 35.1 Å². The summed E-state index contributed by atoms with van der Waals surface area (Å²) in [5, 5.41) is 7.24. The zero-order valence-electron chi connectivity index (χ0n) is 14.5. The zero-order chi connectivity index (χ0) is 18.5. The van der Waals surface area contributed by atoms with Crippen molar-refractivity contribution in [2.24, 2.45) is 5.73 Å². The number of nitrogens with zero attached hydrogens (tertiary/aromatic N) is 2. The summed E-state index contributed by atoms with van der Waals surface area (Å²) in [5.74, 6) is -0.602. The van der Waals surface area contributed by atoms with E-state index in [1.807, 2.05) is 37.3 Å². The van der Waals surface area contributed by atoms with Gasteiger partial charge < -0.3 is 11.1 Å². The van der Waals surface area contributed by atoms with E-state index in [-0.39, 0.29) is 18.2 Å². The number of hydrogen-bond donors (Lipinski definition) is 2. The highest BCUT2D eigenvalue weighted by molar-refractivity contribution is 6.05. The number of aromatic nitrogens is 2. The van der Waals surface area contributed by atoms with Crippen molar-refractivity contribution in [2.45, 2.75) is 19.8 Å². The Morgan fingerprint density at radius 2 is 1.77 bits per heavy atom. The molecule has 1 aromatic heterocycles. The highest BCUT2D eigenvalue weighted by Gasteiger charge is 2.17. The molecule has 3 N–H and O–H groups in total. The van der Waals surface area contributed by atoms with Gasteiger partial charge in [-0.25, -0.2) is 4.68 Å². The first kappa shape index (κ1) is 17.4. The molecule has 6 heteroatoms. The maximum atomic E-state index is 12.7. The molecule has 3 rings (SSSR count). The van der Waals surface area contributed by atoms with Gasteiger partial charge in [-0.15, -0.1) is 0 Å². The van der Waals surface area contributed by atoms with Crippen molar-refractivity contribution in [1.82, 2.24) is 9.78 Å². The van der Waals surface area contributed by atoms with Crippen LogP contribution < -0.4 is 11.1 Å². The highest BCUT2D eigenvalue weighted by Crippen LogP contribution is 2.18. The predicted molar refractivity (Wildman–Crippen MR) is 100 cm³/mol. The van der Waals surface area contributed by atoms with Crippen LogP contribution in [0.4, 0.5) is 5.69 Å². The third kappa shape index (κ3) is 3.80. The summed E-state index contributed by atoms with van der Waals surface area (Å²) >= 11 is 0. The van der Waals surface area contributed by atoms with Gasteiger partial charge in [0.15, 0.2) is 0 Å². The Hall–Kier alpha value is -3.41. The predicted octanol–water partition coefficient (Wildman–Crippen LogP) is 2.71. The molecule has 0 bridgehead atoms. The van der Waals surface area contributed by atoms with Crippen LogP contribution in [0, 0.1) is 0 Å². The molecule has 6 nitrogen and oxygen atoms in total. The van der Waals surface area contributed by atoms with Gasteiger partial charge >= 0.3 is 0 Å². The Balaban J connectivity index is 1.80. The van der Waals surface area contributed by atoms with E-state index < -0.39 is 0 Å². The number of anilines is 1. The molecule has 0 aliphatic rings. The summed E-state index contributed by atoms with van der Waals surface area (Å²) in [6, 6.07) is 16.8. The van der Waals surface area contributed by atoms with Crippen molar-refractivity contribution in [1.29, 1.82) is 0 Å². The lowest BCUT2D eigenvalue weighted by Gasteiger charge is -2.09. The fraction of sp³-hybridized carbons (Fsp3) is 0.150. The van der Waals surface area contributed by atoms with E-state index in [2.05, 4.69) is 10.4 Å². The molecule has 3 aromatic rings. The monoisotopic (exact) mass is 348 g/mol. The van der Waals surface area contributed by atoms with Crippen LogP contribution in [0.1, 0.15) is 28.5 Å². The van der Waals surface area contributed by atoms with Crippen LogP contribution in [0.25, 0.3) is 5.69 Å². The molecule has 0 saturated carbocycles. The Morgan fingerprint density at radius 1 is 1.08 bits per heavy atom. The number of carbonyl (C=O) groups excluding carboxylic acids is 2. The standard InChI is InChI=1S/C20H20N4O2/c1-2-18-17(13-22-24(18)16-6-4-3-5-7-16)20(26)23-15-10-8-14(9-11-15)12-19(21)25/h3-11,13H,2,12H2,1H3,(H2,21,25)(H,23,26). The van der Waals surface area contributed by atoms with Crippen LogP contribution in [-0.2, 0) is 17.6 Å². The van der Waals surface area contributed by atoms with Crippen molar-refractivity contribution < 1.29 is 9.59 Å². The van der Waals surface area contributed by atoms with Crippen LogP contribution in [0.2, 0.25) is 0 Å². The first-order valence-electron chi connectivity index (χ1n) is 8.39. The lowest BCUT2D eigenvalue weighted by atomic mass is 10.1. The third-order valence-corrected chi connectivity index (χ3v) is 4.04. The fourth-order valence-electron chi connectivity index (χ4n) is 2.80. The number of nitrogens with two attached hydrogens (primary N) is 1. The average molecular weight is 348 g/mol. The summed E-state index contributed by atoms with van der Waals surface area (Å²) in [4.78, 5) is 23.6. The number of hydrogen-bond acceptors (Lipinski definition) is 3. The molecular formula is C20H20N4O2. The Labute approximate surface area is 151 Å². The van der Waals surface area contributed by atoms with Crippen LogP contribution >= 0.6 is 0 Å². The second-order valence-corrected chi connectivity index (χ2v) is 5.90. The lowest BCUT2D eigenvalue weighted by Crippen LogP contribution is -2.15. The van der Waals surface area contributed by atoms with Crippen LogP contribution in [0.5, 0.6) is 0 Å². The zero-order valence-corrected chi connectivity index (χ0v) is 14.5. The van der Waals surface area contributed by atoms with Crippen LogP contribution in [0.15, 0.2) is 60.8 Å². The van der Waals surface area contributed by atoms with E-state index in [0.717, 1.165) is 16.9 Å². The summed E-state index contributed by atoms with van der Waals surface area (Å²) in [5.41, 5.74) is 8.94. The summed E-state index contributed by atoms with van der Waals surface area (Å²) in [6.45, 7) is 1.99. The minimum atomic E-state index is -0.386. The van der Waals surface area contributed by atoms with Gasteiger partial charge in [0.25, 0.3) is 5.91 Å². The van der Waals surface area contributed by atoms with E-state index in [9.17, 15) is 9.59 Å². The number of benzene rings is 2. The normalized spacial score (nSPS) is 10.5. The van der Waals surface area contributed by atoms with Crippen molar-refractivity contribution >= 4 is 17.5 Å². The first-order chi connectivity index (χ1) is 12.6. The second-order valence-electron chi connectivity index (χ2n) is 5.90. The van der Waals surface area contributed by atoms with Crippen molar-refractivity contribution in [3.8, 4) is 5.69 Å². The largest absolute Gasteiger partial charge is 0.369 e. The Kier molecular flexibility index (Phi) is 5.12. The van der Waals surface area contributed by atoms with Gasteiger partial charge in [-0.1, -0.05) is 37.3 Å². The van der Waals surface area contributed by atoms with E-state index in [4.69, 9.17) is 5.73 Å². The molecule has 0 unspecified atom stereocenters. The topological polar surface area (TPSA) is 90.0 Å². The van der Waals surface area contributed by atoms with Gasteiger partial charge in [-0.3, -0.25) is 9.59 Å². The quantitative estimate of drug-likeness (QED) is 0.718. The maximum Gasteiger partial charge on any atom is 0.259 e. The summed E-state index contributed by atoms with van der Waals surface area (Å²) < 4.78 is 1.78. The Morgan fingerprint density at radius 3 is 2.38 bits per heavy atom. The third-order valence-electron chi connectivity index (χ3n) is 4.04. The number of nitrogens with one attached hydrogen (secondary N) is 1. The maximum absolute atomic E-state index is 12.7. The summed E-state index contributed by atoms with van der Waals surface area (Å²) in [7, 11) is 0. The lowest BCUT2D eigenvalue weighted by molar-refractivity contribution is -0.117. The molecular weight excluding hydrogens is 328 g/mol. The van der Waals surface area contributed by atoms with E-state index in [1.165, 1.54) is 0 Å². The number of para-hydroxylation sites is 1. The molecule has 0 aliphatic carbocycles. The molecule has 2 aromatic carbocycles. The molecule has 0 spiro atoms. The van der Waals surface area contributed by atoms with Gasteiger partial charge in [-0.2, -0.15) is 5.10 Å². The summed E-state index contributed by atoms with van der Waals surface area (Å²) in [6.07, 6.45) is 2.44. The van der Waals surface area contributed by atoms with E-state index in [0.29, 0.717) is 17.7 Å². The number of carbonyl (C=O) groups is 2. The molecule has 0 saturated heterocycles. The van der Waals surface area contributed by atoms with Gasteiger partial charge in [0, 0.05) is 5.69 Å². The van der Waals surface area contributed by atoms with Gasteiger partial charge in [0.05, 0.1) is 29.6 Å². The number of amides is 2.